The van der Waals surface area contributed by atoms with Crippen LogP contribution in [0.4, 0.5) is 0 Å². The molecule has 0 fully saturated rings. The first-order valence-corrected chi connectivity index (χ1v) is 20.4. The second kappa shape index (κ2) is 11.7. The quantitative estimate of drug-likeness (QED) is 0.180. The Hall–Kier alpha value is -7.56. The van der Waals surface area contributed by atoms with Crippen LogP contribution in [0.1, 0.15) is 25.0 Å². The van der Waals surface area contributed by atoms with Crippen molar-refractivity contribution in [1.29, 1.82) is 0 Å². The first-order valence-electron chi connectivity index (χ1n) is 20.4. The Labute approximate surface area is 340 Å². The molecule has 3 heterocycles. The van der Waals surface area contributed by atoms with E-state index in [-0.39, 0.29) is 5.41 Å². The van der Waals surface area contributed by atoms with Crippen LogP contribution in [0.15, 0.2) is 182 Å². The Morgan fingerprint density at radius 3 is 1.88 bits per heavy atom. The number of fused-ring (bicyclic) bond motifs is 14. The third-order valence-electron chi connectivity index (χ3n) is 13.1. The molecular formula is C55H36N4. The predicted molar refractivity (Wildman–Crippen MR) is 246 cm³/mol. The number of para-hydroxylation sites is 3. The van der Waals surface area contributed by atoms with Crippen LogP contribution < -0.4 is 0 Å². The van der Waals surface area contributed by atoms with E-state index in [1.807, 2.05) is 0 Å². The van der Waals surface area contributed by atoms with E-state index < -0.39 is 0 Å². The molecule has 4 heteroatoms. The summed E-state index contributed by atoms with van der Waals surface area (Å²) in [7, 11) is 0. The van der Waals surface area contributed by atoms with Crippen molar-refractivity contribution in [3.05, 3.63) is 193 Å². The molecule has 0 radical (unpaired) electrons. The van der Waals surface area contributed by atoms with Gasteiger partial charge in [0.2, 0.25) is 5.95 Å². The third kappa shape index (κ3) is 4.38. The Morgan fingerprint density at radius 1 is 0.441 bits per heavy atom. The van der Waals surface area contributed by atoms with Gasteiger partial charge in [-0.05, 0) is 63.2 Å². The van der Waals surface area contributed by atoms with Crippen LogP contribution in [-0.2, 0) is 5.41 Å². The van der Waals surface area contributed by atoms with Gasteiger partial charge < -0.3 is 4.57 Å². The Bertz CT molecular complexity index is 3720. The summed E-state index contributed by atoms with van der Waals surface area (Å²) < 4.78 is 4.85. The standard InChI is InChI=1S/C55H36N4/c1-55(2)43-23-11-7-21-40(43)51-44(55)30-29-42-50-39-20-6-5-19-38(39)48(58-46-25-13-9-17-36(46)37-18-10-14-26-47(37)58)32-49(50)59(53(42)51)54-56-45-24-12-8-22-41(45)52(57-54)35-28-27-33-15-3-4-16-34(33)31-35/h3-32H,1-2H3. The summed E-state index contributed by atoms with van der Waals surface area (Å²) in [5.41, 5.74) is 13.6. The average Bonchev–Trinajstić information content (AvgIpc) is 3.88. The van der Waals surface area contributed by atoms with Crippen LogP contribution in [0.3, 0.4) is 0 Å². The summed E-state index contributed by atoms with van der Waals surface area (Å²) in [6.07, 6.45) is 0. The number of rotatable bonds is 3. The minimum absolute atomic E-state index is 0.182. The smallest absolute Gasteiger partial charge is 0.235 e. The maximum atomic E-state index is 5.66. The zero-order valence-corrected chi connectivity index (χ0v) is 32.6. The minimum atomic E-state index is -0.182. The van der Waals surface area contributed by atoms with Crippen LogP contribution in [0.5, 0.6) is 0 Å². The normalized spacial score (nSPS) is 13.4. The van der Waals surface area contributed by atoms with Gasteiger partial charge in [-0.15, -0.1) is 0 Å². The van der Waals surface area contributed by atoms with E-state index in [1.54, 1.807) is 0 Å². The molecule has 9 aromatic carbocycles. The highest BCUT2D eigenvalue weighted by Crippen LogP contribution is 2.54. The lowest BCUT2D eigenvalue weighted by molar-refractivity contribution is 0.661. The molecule has 59 heavy (non-hydrogen) atoms. The highest BCUT2D eigenvalue weighted by atomic mass is 15.2. The summed E-state index contributed by atoms with van der Waals surface area (Å²) in [5, 5.41) is 10.7. The molecule has 0 unspecified atom stereocenters. The molecule has 0 saturated carbocycles. The highest BCUT2D eigenvalue weighted by molar-refractivity contribution is 6.26. The third-order valence-corrected chi connectivity index (χ3v) is 13.1. The van der Waals surface area contributed by atoms with Crippen LogP contribution in [0, 0.1) is 0 Å². The second-order valence-corrected chi connectivity index (χ2v) is 16.5. The Balaban J connectivity index is 1.24. The number of benzene rings is 9. The van der Waals surface area contributed by atoms with E-state index in [9.17, 15) is 0 Å². The topological polar surface area (TPSA) is 35.6 Å². The molecule has 3 aromatic heterocycles. The highest BCUT2D eigenvalue weighted by Gasteiger charge is 2.38. The average molecular weight is 753 g/mol. The van der Waals surface area contributed by atoms with Gasteiger partial charge in [0.15, 0.2) is 0 Å². The van der Waals surface area contributed by atoms with E-state index in [4.69, 9.17) is 9.97 Å². The van der Waals surface area contributed by atoms with Gasteiger partial charge in [0.1, 0.15) is 0 Å². The van der Waals surface area contributed by atoms with Gasteiger partial charge in [-0.3, -0.25) is 4.57 Å². The van der Waals surface area contributed by atoms with Crippen LogP contribution in [0.2, 0.25) is 0 Å². The maximum absolute atomic E-state index is 5.66. The van der Waals surface area contributed by atoms with E-state index in [0.29, 0.717) is 5.95 Å². The van der Waals surface area contributed by atoms with Gasteiger partial charge in [0.05, 0.1) is 39.0 Å². The van der Waals surface area contributed by atoms with Gasteiger partial charge >= 0.3 is 0 Å². The largest absolute Gasteiger partial charge is 0.309 e. The van der Waals surface area contributed by atoms with Crippen molar-refractivity contribution in [3.8, 4) is 34.0 Å². The Kier molecular flexibility index (Phi) is 6.48. The molecule has 0 bridgehead atoms. The van der Waals surface area contributed by atoms with Crippen molar-refractivity contribution in [1.82, 2.24) is 19.1 Å². The maximum Gasteiger partial charge on any atom is 0.235 e. The lowest BCUT2D eigenvalue weighted by Gasteiger charge is -2.21. The zero-order valence-electron chi connectivity index (χ0n) is 32.6. The summed E-state index contributed by atoms with van der Waals surface area (Å²) >= 11 is 0. The Morgan fingerprint density at radius 2 is 1.08 bits per heavy atom. The molecule has 0 amide bonds. The lowest BCUT2D eigenvalue weighted by Crippen LogP contribution is -2.14. The monoisotopic (exact) mass is 752 g/mol. The fourth-order valence-electron chi connectivity index (χ4n) is 10.4. The molecule has 0 aliphatic heterocycles. The molecule has 1 aliphatic carbocycles. The molecule has 1 aliphatic rings. The van der Waals surface area contributed by atoms with Gasteiger partial charge in [0, 0.05) is 48.9 Å². The summed E-state index contributed by atoms with van der Waals surface area (Å²) in [6, 6.07) is 66.3. The van der Waals surface area contributed by atoms with Gasteiger partial charge in [0.25, 0.3) is 0 Å². The zero-order chi connectivity index (χ0) is 39.0. The van der Waals surface area contributed by atoms with Crippen molar-refractivity contribution in [2.45, 2.75) is 19.3 Å². The van der Waals surface area contributed by atoms with Crippen LogP contribution in [0.25, 0.3) is 110 Å². The van der Waals surface area contributed by atoms with Gasteiger partial charge in [-0.2, -0.15) is 0 Å². The molecule has 276 valence electrons. The number of hydrogen-bond donors (Lipinski definition) is 0. The van der Waals surface area contributed by atoms with Crippen molar-refractivity contribution in [3.63, 3.8) is 0 Å². The van der Waals surface area contributed by atoms with E-state index in [0.717, 1.165) is 38.9 Å². The van der Waals surface area contributed by atoms with Gasteiger partial charge in [-0.25, -0.2) is 9.97 Å². The number of aromatic nitrogens is 4. The summed E-state index contributed by atoms with van der Waals surface area (Å²) in [4.78, 5) is 11.2. The van der Waals surface area contributed by atoms with Crippen molar-refractivity contribution in [2.75, 3.05) is 0 Å². The second-order valence-electron chi connectivity index (χ2n) is 16.5. The van der Waals surface area contributed by atoms with Crippen molar-refractivity contribution < 1.29 is 0 Å². The molecule has 0 atom stereocenters. The minimum Gasteiger partial charge on any atom is -0.309 e. The fraction of sp³-hybridized carbons (Fsp3) is 0.0545. The van der Waals surface area contributed by atoms with Crippen molar-refractivity contribution in [2.24, 2.45) is 0 Å². The van der Waals surface area contributed by atoms with E-state index >= 15 is 0 Å². The summed E-state index contributed by atoms with van der Waals surface area (Å²) in [6.45, 7) is 4.72. The number of nitrogens with zero attached hydrogens (tertiary/aromatic N) is 4. The number of hydrogen-bond acceptors (Lipinski definition) is 2. The van der Waals surface area contributed by atoms with E-state index in [1.165, 1.54) is 76.4 Å². The molecule has 0 N–H and O–H groups in total. The summed E-state index contributed by atoms with van der Waals surface area (Å²) in [5.74, 6) is 0.658. The molecule has 12 aromatic rings. The lowest BCUT2D eigenvalue weighted by atomic mass is 9.82. The molecule has 0 spiro atoms. The van der Waals surface area contributed by atoms with E-state index in [2.05, 4.69) is 205 Å². The predicted octanol–water partition coefficient (Wildman–Crippen LogP) is 14.1. The van der Waals surface area contributed by atoms with Crippen LogP contribution >= 0.6 is 0 Å². The fourth-order valence-corrected chi connectivity index (χ4v) is 10.4. The molecule has 4 nitrogen and oxygen atoms in total. The first kappa shape index (κ1) is 32.5. The van der Waals surface area contributed by atoms with Crippen molar-refractivity contribution >= 4 is 76.1 Å². The molecule has 13 rings (SSSR count). The van der Waals surface area contributed by atoms with Gasteiger partial charge in [-0.1, -0.05) is 166 Å². The van der Waals surface area contributed by atoms with Crippen LogP contribution in [-0.4, -0.2) is 19.1 Å². The molecular weight excluding hydrogens is 717 g/mol. The molecule has 0 saturated heterocycles. The first-order chi connectivity index (χ1) is 29.0. The SMILES string of the molecule is CC1(C)c2ccccc2-c2c1ccc1c3c4ccccc4c(-n4c5ccccc5c5ccccc54)cc3n(-c3nc(-c4ccc5ccccc5c4)c4ccccc4n3)c21.